The second-order valence-electron chi connectivity index (χ2n) is 12.3. The molecule has 0 spiro atoms. The average molecular weight is 602 g/mol. The van der Waals surface area contributed by atoms with Crippen LogP contribution in [0.1, 0.15) is 35.1 Å². The van der Waals surface area contributed by atoms with E-state index in [0.29, 0.717) is 17.5 Å². The fourth-order valence-corrected chi connectivity index (χ4v) is 7.58. The number of aromatic nitrogens is 3. The molecule has 0 aliphatic heterocycles. The van der Waals surface area contributed by atoms with E-state index in [9.17, 15) is 0 Å². The van der Waals surface area contributed by atoms with Gasteiger partial charge in [-0.1, -0.05) is 164 Å². The molecule has 0 saturated carbocycles. The van der Waals surface area contributed by atoms with Crippen LogP contribution >= 0.6 is 0 Å². The van der Waals surface area contributed by atoms with Gasteiger partial charge in [-0.3, -0.25) is 0 Å². The second kappa shape index (κ2) is 11.1. The molecule has 6 aromatic carbocycles. The first kappa shape index (κ1) is 27.4. The van der Waals surface area contributed by atoms with Gasteiger partial charge in [0.15, 0.2) is 17.5 Å². The summed E-state index contributed by atoms with van der Waals surface area (Å²) in [5.74, 6) is 1.99. The van der Waals surface area contributed by atoms with Gasteiger partial charge in [0, 0.05) is 16.7 Å². The molecule has 0 amide bonds. The summed E-state index contributed by atoms with van der Waals surface area (Å²) in [5.41, 5.74) is 10.4. The van der Waals surface area contributed by atoms with Crippen LogP contribution in [0, 0.1) is 0 Å². The van der Waals surface area contributed by atoms with E-state index in [1.807, 2.05) is 60.7 Å². The zero-order chi connectivity index (χ0) is 31.2. The van der Waals surface area contributed by atoms with Gasteiger partial charge in [0.05, 0.1) is 5.41 Å². The highest BCUT2D eigenvalue weighted by molar-refractivity contribution is 6.03. The van der Waals surface area contributed by atoms with E-state index in [1.165, 1.54) is 44.2 Å². The minimum absolute atomic E-state index is 0.453. The van der Waals surface area contributed by atoms with E-state index in [-0.39, 0.29) is 0 Å². The Morgan fingerprint density at radius 1 is 0.426 bits per heavy atom. The lowest BCUT2D eigenvalue weighted by Crippen LogP contribution is -2.29. The van der Waals surface area contributed by atoms with E-state index < -0.39 is 5.41 Å². The van der Waals surface area contributed by atoms with Crippen LogP contribution in [-0.2, 0) is 5.41 Å². The van der Waals surface area contributed by atoms with Crippen molar-refractivity contribution in [2.24, 2.45) is 0 Å². The number of hydrogen-bond donors (Lipinski definition) is 0. The van der Waals surface area contributed by atoms with Crippen molar-refractivity contribution in [2.75, 3.05) is 0 Å². The molecule has 1 heterocycles. The van der Waals surface area contributed by atoms with Crippen molar-refractivity contribution in [1.29, 1.82) is 0 Å². The summed E-state index contributed by atoms with van der Waals surface area (Å²) in [6.45, 7) is 0. The van der Waals surface area contributed by atoms with E-state index in [2.05, 4.69) is 103 Å². The maximum absolute atomic E-state index is 5.00. The number of fused-ring (bicyclic) bond motifs is 5. The Balaban J connectivity index is 1.27. The molecule has 3 heteroatoms. The molecule has 0 N–H and O–H groups in total. The molecule has 9 rings (SSSR count). The van der Waals surface area contributed by atoms with Crippen molar-refractivity contribution >= 4 is 16.3 Å². The monoisotopic (exact) mass is 601 g/mol. The lowest BCUT2D eigenvalue weighted by molar-refractivity contribution is 0.765. The Kier molecular flexibility index (Phi) is 6.50. The van der Waals surface area contributed by atoms with Gasteiger partial charge >= 0.3 is 0 Å². The molecule has 47 heavy (non-hydrogen) atoms. The molecule has 0 bridgehead atoms. The van der Waals surface area contributed by atoms with Crippen LogP contribution < -0.4 is 0 Å². The predicted octanol–water partition coefficient (Wildman–Crippen LogP) is 10.5. The first-order chi connectivity index (χ1) is 23.3. The SMILES string of the molecule is C1=C2C(=CCC1)C(c1ccccc1)(c1ccc(-c3nc(-c4ccccc4)nc(-c4ccccc4)n3)cc1)c1c2ccc2ccccc12. The largest absolute Gasteiger partial charge is 0.208 e. The third-order valence-corrected chi connectivity index (χ3v) is 9.63. The quantitative estimate of drug-likeness (QED) is 0.197. The Labute approximate surface area is 274 Å². The second-order valence-corrected chi connectivity index (χ2v) is 12.3. The van der Waals surface area contributed by atoms with Crippen LogP contribution in [0.25, 0.3) is 50.5 Å². The zero-order valence-corrected chi connectivity index (χ0v) is 25.8. The van der Waals surface area contributed by atoms with Crippen molar-refractivity contribution in [1.82, 2.24) is 15.0 Å². The van der Waals surface area contributed by atoms with Gasteiger partial charge in [0.1, 0.15) is 0 Å². The highest BCUT2D eigenvalue weighted by Crippen LogP contribution is 2.60. The molecule has 222 valence electrons. The Bertz CT molecular complexity index is 2270. The molecule has 1 unspecified atom stereocenters. The van der Waals surface area contributed by atoms with Gasteiger partial charge in [0.25, 0.3) is 0 Å². The van der Waals surface area contributed by atoms with Crippen molar-refractivity contribution in [3.8, 4) is 34.2 Å². The molecule has 1 atom stereocenters. The van der Waals surface area contributed by atoms with Crippen molar-refractivity contribution < 1.29 is 0 Å². The van der Waals surface area contributed by atoms with Crippen molar-refractivity contribution in [2.45, 2.75) is 18.3 Å². The molecule has 3 nitrogen and oxygen atoms in total. The standard InChI is InChI=1S/C44H31N3/c1-4-15-31(16-5-1)41-45-42(32-17-6-2-7-18-32)47-43(46-41)33-24-27-35(28-25-33)44(34-19-8-3-9-20-34)39-23-13-12-22-37(39)38-29-26-30-14-10-11-21-36(30)40(38)44/h1-11,14-29H,12-13H2. The lowest BCUT2D eigenvalue weighted by Gasteiger charge is -2.35. The summed E-state index contributed by atoms with van der Waals surface area (Å²) in [5, 5.41) is 2.56. The third-order valence-electron chi connectivity index (χ3n) is 9.63. The minimum atomic E-state index is -0.453. The van der Waals surface area contributed by atoms with Crippen LogP contribution in [0.2, 0.25) is 0 Å². The third kappa shape index (κ3) is 4.39. The molecule has 0 fully saturated rings. The fourth-order valence-electron chi connectivity index (χ4n) is 7.58. The van der Waals surface area contributed by atoms with Crippen molar-refractivity contribution in [3.63, 3.8) is 0 Å². The maximum atomic E-state index is 5.00. The molecule has 7 aromatic rings. The van der Waals surface area contributed by atoms with E-state index in [1.54, 1.807) is 0 Å². The smallest absolute Gasteiger partial charge is 0.164 e. The number of benzene rings is 6. The normalized spacial score (nSPS) is 16.7. The van der Waals surface area contributed by atoms with Crippen LogP contribution in [0.3, 0.4) is 0 Å². The van der Waals surface area contributed by atoms with E-state index in [4.69, 9.17) is 15.0 Å². The van der Waals surface area contributed by atoms with Gasteiger partial charge in [-0.2, -0.15) is 0 Å². The first-order valence-electron chi connectivity index (χ1n) is 16.3. The first-order valence-corrected chi connectivity index (χ1v) is 16.3. The number of allylic oxidation sites excluding steroid dienone is 4. The summed E-state index contributed by atoms with van der Waals surface area (Å²) >= 11 is 0. The highest BCUT2D eigenvalue weighted by atomic mass is 15.0. The van der Waals surface area contributed by atoms with E-state index in [0.717, 1.165) is 29.5 Å². The average Bonchev–Trinajstić information content (AvgIpc) is 3.47. The zero-order valence-electron chi connectivity index (χ0n) is 25.8. The summed E-state index contributed by atoms with van der Waals surface area (Å²) < 4.78 is 0. The minimum Gasteiger partial charge on any atom is -0.208 e. The number of rotatable bonds is 5. The topological polar surface area (TPSA) is 38.7 Å². The van der Waals surface area contributed by atoms with Crippen LogP contribution in [0.4, 0.5) is 0 Å². The maximum Gasteiger partial charge on any atom is 0.164 e. The van der Waals surface area contributed by atoms with Crippen LogP contribution in [-0.4, -0.2) is 15.0 Å². The molecule has 0 radical (unpaired) electrons. The molecule has 1 aromatic heterocycles. The number of hydrogen-bond acceptors (Lipinski definition) is 3. The van der Waals surface area contributed by atoms with Gasteiger partial charge in [0.2, 0.25) is 0 Å². The van der Waals surface area contributed by atoms with Crippen LogP contribution in [0.5, 0.6) is 0 Å². The highest BCUT2D eigenvalue weighted by Gasteiger charge is 2.49. The molecule has 2 aliphatic carbocycles. The van der Waals surface area contributed by atoms with Crippen molar-refractivity contribution in [3.05, 3.63) is 192 Å². The van der Waals surface area contributed by atoms with Crippen LogP contribution in [0.15, 0.2) is 169 Å². The number of nitrogens with zero attached hydrogens (tertiary/aromatic N) is 3. The predicted molar refractivity (Wildman–Crippen MR) is 192 cm³/mol. The Morgan fingerprint density at radius 2 is 0.936 bits per heavy atom. The Morgan fingerprint density at radius 3 is 1.57 bits per heavy atom. The Hall–Kier alpha value is -5.93. The summed E-state index contributed by atoms with van der Waals surface area (Å²) in [4.78, 5) is 14.9. The molecule has 2 aliphatic rings. The summed E-state index contributed by atoms with van der Waals surface area (Å²) in [6.07, 6.45) is 7.02. The molecule has 0 saturated heterocycles. The lowest BCUT2D eigenvalue weighted by atomic mass is 9.66. The molecular formula is C44H31N3. The summed E-state index contributed by atoms with van der Waals surface area (Å²) in [7, 11) is 0. The van der Waals surface area contributed by atoms with Gasteiger partial charge in [-0.25, -0.2) is 15.0 Å². The summed E-state index contributed by atoms with van der Waals surface area (Å²) in [6, 6.07) is 53.7. The van der Waals surface area contributed by atoms with Gasteiger partial charge in [-0.15, -0.1) is 0 Å². The van der Waals surface area contributed by atoms with Gasteiger partial charge < -0.3 is 0 Å². The van der Waals surface area contributed by atoms with E-state index >= 15 is 0 Å². The molecular weight excluding hydrogens is 571 g/mol. The fraction of sp³-hybridized carbons (Fsp3) is 0.0682. The van der Waals surface area contributed by atoms with Gasteiger partial charge in [-0.05, 0) is 57.0 Å².